The molecule has 0 atom stereocenters. The zero-order chi connectivity index (χ0) is 25.4. The minimum absolute atomic E-state index is 0.0679. The van der Waals surface area contributed by atoms with Crippen LogP contribution in [0.15, 0.2) is 60.7 Å². The third kappa shape index (κ3) is 4.29. The first kappa shape index (κ1) is 23.8. The van der Waals surface area contributed by atoms with E-state index >= 15 is 0 Å². The van der Waals surface area contributed by atoms with E-state index in [2.05, 4.69) is 0 Å². The third-order valence-corrected chi connectivity index (χ3v) is 5.92. The summed E-state index contributed by atoms with van der Waals surface area (Å²) in [5.41, 5.74) is -1.21. The number of halogens is 2. The van der Waals surface area contributed by atoms with Crippen LogP contribution in [0, 0.1) is 20.2 Å². The Hall–Kier alpha value is -4.35. The van der Waals surface area contributed by atoms with E-state index in [9.17, 15) is 34.6 Å². The number of carbonyl (C=O) groups is 3. The molecule has 1 aliphatic rings. The van der Waals surface area contributed by atoms with Crippen molar-refractivity contribution in [3.05, 3.63) is 113 Å². The van der Waals surface area contributed by atoms with E-state index < -0.39 is 38.8 Å². The van der Waals surface area contributed by atoms with Gasteiger partial charge in [-0.2, -0.15) is 5.01 Å². The van der Waals surface area contributed by atoms with Crippen molar-refractivity contribution in [3.8, 4) is 0 Å². The summed E-state index contributed by atoms with van der Waals surface area (Å²) >= 11 is 12.0. The molecule has 0 unspecified atom stereocenters. The van der Waals surface area contributed by atoms with Crippen LogP contribution in [0.5, 0.6) is 0 Å². The highest BCUT2D eigenvalue weighted by Crippen LogP contribution is 2.33. The minimum atomic E-state index is -1.06. The number of hydrogen-bond donors (Lipinski definition) is 0. The van der Waals surface area contributed by atoms with Gasteiger partial charge in [0.2, 0.25) is 0 Å². The summed E-state index contributed by atoms with van der Waals surface area (Å²) in [6, 6.07) is 12.5. The summed E-state index contributed by atoms with van der Waals surface area (Å²) < 4.78 is 0. The van der Waals surface area contributed by atoms with Gasteiger partial charge in [-0.05, 0) is 35.9 Å². The number of nitro benzene ring substituents is 2. The molecule has 0 saturated heterocycles. The van der Waals surface area contributed by atoms with Gasteiger partial charge in [0.05, 0.1) is 32.0 Å². The van der Waals surface area contributed by atoms with E-state index in [1.54, 1.807) is 0 Å². The largest absolute Gasteiger partial charge is 0.287 e. The quantitative estimate of drug-likeness (QED) is 0.264. The monoisotopic (exact) mass is 514 g/mol. The second-order valence-electron chi connectivity index (χ2n) is 7.29. The number of imide groups is 1. The lowest BCUT2D eigenvalue weighted by Gasteiger charge is -2.30. The standard InChI is InChI=1S/C22H12Cl2N4O7/c23-16-9-4-12(10-17(16)24)11-25(20(29)13-5-7-14(8-6-13)27(32)33)26-21(30)15-2-1-3-18(28(34)35)19(15)22(26)31/h1-10H,11H2. The Morgan fingerprint density at radius 2 is 1.57 bits per heavy atom. The van der Waals surface area contributed by atoms with Gasteiger partial charge in [-0.3, -0.25) is 34.6 Å². The molecule has 176 valence electrons. The van der Waals surface area contributed by atoms with Crippen molar-refractivity contribution in [2.75, 3.05) is 0 Å². The fourth-order valence-electron chi connectivity index (χ4n) is 3.55. The van der Waals surface area contributed by atoms with Gasteiger partial charge in [-0.25, -0.2) is 5.01 Å². The highest BCUT2D eigenvalue weighted by atomic mass is 35.5. The van der Waals surface area contributed by atoms with Gasteiger partial charge in [0.15, 0.2) is 0 Å². The number of hydrogen-bond acceptors (Lipinski definition) is 7. The predicted octanol–water partition coefficient (Wildman–Crippen LogP) is 4.66. The summed E-state index contributed by atoms with van der Waals surface area (Å²) in [5.74, 6) is -2.86. The number of nitrogens with zero attached hydrogens (tertiary/aromatic N) is 4. The first-order valence-electron chi connectivity index (χ1n) is 9.76. The Labute approximate surface area is 206 Å². The summed E-state index contributed by atoms with van der Waals surface area (Å²) in [4.78, 5) is 60.8. The van der Waals surface area contributed by atoms with Crippen molar-refractivity contribution in [1.82, 2.24) is 10.0 Å². The summed E-state index contributed by atoms with van der Waals surface area (Å²) in [5, 5.41) is 24.1. The van der Waals surface area contributed by atoms with Crippen LogP contribution in [0.4, 0.5) is 11.4 Å². The van der Waals surface area contributed by atoms with Gasteiger partial charge in [-0.15, -0.1) is 0 Å². The van der Waals surface area contributed by atoms with Crippen LogP contribution < -0.4 is 0 Å². The van der Waals surface area contributed by atoms with Crippen LogP contribution in [0.3, 0.4) is 0 Å². The molecule has 11 nitrogen and oxygen atoms in total. The van der Waals surface area contributed by atoms with Gasteiger partial charge < -0.3 is 0 Å². The van der Waals surface area contributed by atoms with Gasteiger partial charge in [0.25, 0.3) is 29.1 Å². The lowest BCUT2D eigenvalue weighted by atomic mass is 10.1. The molecule has 3 aromatic rings. The molecule has 0 N–H and O–H groups in total. The molecule has 0 radical (unpaired) electrons. The summed E-state index contributed by atoms with van der Waals surface area (Å²) in [7, 11) is 0. The van der Waals surface area contributed by atoms with Crippen LogP contribution in [-0.4, -0.2) is 37.6 Å². The Kier molecular flexibility index (Phi) is 6.20. The first-order chi connectivity index (χ1) is 16.6. The zero-order valence-electron chi connectivity index (χ0n) is 17.4. The van der Waals surface area contributed by atoms with Crippen molar-refractivity contribution in [2.24, 2.45) is 0 Å². The van der Waals surface area contributed by atoms with E-state index in [0.717, 1.165) is 23.2 Å². The van der Waals surface area contributed by atoms with E-state index in [1.807, 2.05) is 0 Å². The molecule has 0 aliphatic carbocycles. The van der Waals surface area contributed by atoms with Crippen molar-refractivity contribution in [3.63, 3.8) is 0 Å². The van der Waals surface area contributed by atoms with Gasteiger partial charge in [-0.1, -0.05) is 35.3 Å². The summed E-state index contributed by atoms with van der Waals surface area (Å²) in [6.07, 6.45) is 0. The third-order valence-electron chi connectivity index (χ3n) is 5.19. The highest BCUT2D eigenvalue weighted by molar-refractivity contribution is 6.42. The summed E-state index contributed by atoms with van der Waals surface area (Å²) in [6.45, 7) is -0.341. The van der Waals surface area contributed by atoms with E-state index in [4.69, 9.17) is 23.2 Å². The molecule has 1 heterocycles. The average molecular weight is 515 g/mol. The van der Waals surface area contributed by atoms with Crippen molar-refractivity contribution < 1.29 is 24.2 Å². The van der Waals surface area contributed by atoms with Crippen LogP contribution in [0.25, 0.3) is 0 Å². The van der Waals surface area contributed by atoms with Crippen molar-refractivity contribution >= 4 is 52.3 Å². The number of nitro groups is 2. The Morgan fingerprint density at radius 1 is 0.886 bits per heavy atom. The van der Waals surface area contributed by atoms with E-state index in [-0.39, 0.29) is 33.4 Å². The maximum atomic E-state index is 13.4. The minimum Gasteiger partial charge on any atom is -0.267 e. The first-order valence-corrected chi connectivity index (χ1v) is 10.5. The van der Waals surface area contributed by atoms with Crippen LogP contribution in [0.2, 0.25) is 10.0 Å². The molecule has 3 amide bonds. The van der Waals surface area contributed by atoms with Crippen molar-refractivity contribution in [2.45, 2.75) is 6.54 Å². The number of benzene rings is 3. The smallest absolute Gasteiger partial charge is 0.267 e. The van der Waals surface area contributed by atoms with E-state index in [1.165, 1.54) is 42.5 Å². The Bertz CT molecular complexity index is 1430. The molecule has 0 aromatic heterocycles. The van der Waals surface area contributed by atoms with Gasteiger partial charge >= 0.3 is 0 Å². The predicted molar refractivity (Wildman–Crippen MR) is 123 cm³/mol. The maximum Gasteiger partial charge on any atom is 0.287 e. The highest BCUT2D eigenvalue weighted by Gasteiger charge is 2.45. The fourth-order valence-corrected chi connectivity index (χ4v) is 3.87. The normalized spacial score (nSPS) is 12.5. The Morgan fingerprint density at radius 3 is 2.17 bits per heavy atom. The molecule has 13 heteroatoms. The van der Waals surface area contributed by atoms with Gasteiger partial charge in [0, 0.05) is 23.8 Å². The molecule has 0 spiro atoms. The van der Waals surface area contributed by atoms with Crippen LogP contribution in [0.1, 0.15) is 36.6 Å². The number of amides is 3. The van der Waals surface area contributed by atoms with E-state index in [0.29, 0.717) is 10.6 Å². The number of non-ortho nitro benzene ring substituents is 1. The second kappa shape index (κ2) is 9.12. The fraction of sp³-hybridized carbons (Fsp3) is 0.0455. The SMILES string of the molecule is O=C(c1ccc([N+](=O)[O-])cc1)N(Cc1ccc(Cl)c(Cl)c1)N1C(=O)c2cccc([N+](=O)[O-])c2C1=O. The molecular formula is C22H12Cl2N4O7. The molecule has 0 fully saturated rings. The number of carbonyl (C=O) groups excluding carboxylic acids is 3. The molecule has 0 bridgehead atoms. The molecule has 0 saturated carbocycles. The topological polar surface area (TPSA) is 144 Å². The number of fused-ring (bicyclic) bond motifs is 1. The molecule has 35 heavy (non-hydrogen) atoms. The Balaban J connectivity index is 1.80. The average Bonchev–Trinajstić information content (AvgIpc) is 3.09. The van der Waals surface area contributed by atoms with Crippen LogP contribution >= 0.6 is 23.2 Å². The number of hydrazine groups is 1. The number of rotatable bonds is 6. The van der Waals surface area contributed by atoms with Crippen molar-refractivity contribution in [1.29, 1.82) is 0 Å². The molecule has 1 aliphatic heterocycles. The lowest BCUT2D eigenvalue weighted by molar-refractivity contribution is -0.385. The zero-order valence-corrected chi connectivity index (χ0v) is 18.9. The van der Waals surface area contributed by atoms with Crippen LogP contribution in [-0.2, 0) is 6.54 Å². The maximum absolute atomic E-state index is 13.4. The second-order valence-corrected chi connectivity index (χ2v) is 8.11. The molecular weight excluding hydrogens is 503 g/mol. The lowest BCUT2D eigenvalue weighted by Crippen LogP contribution is -2.49. The molecule has 4 rings (SSSR count). The molecule has 3 aromatic carbocycles. The van der Waals surface area contributed by atoms with Gasteiger partial charge in [0.1, 0.15) is 5.56 Å².